The fourth-order valence-electron chi connectivity index (χ4n) is 1.80. The molecule has 0 aromatic carbocycles. The van der Waals surface area contributed by atoms with Gasteiger partial charge in [-0.25, -0.2) is 13.4 Å². The van der Waals surface area contributed by atoms with E-state index in [9.17, 15) is 13.2 Å². The Balaban J connectivity index is 2.09. The molecule has 1 aromatic rings. The van der Waals surface area contributed by atoms with Crippen LogP contribution < -0.4 is 5.32 Å². The quantitative estimate of drug-likeness (QED) is 0.858. The summed E-state index contributed by atoms with van der Waals surface area (Å²) in [5.41, 5.74) is 0.278. The van der Waals surface area contributed by atoms with Crippen LogP contribution in [0.1, 0.15) is 25.0 Å². The van der Waals surface area contributed by atoms with Crippen LogP contribution in [0.4, 0.5) is 5.13 Å². The Morgan fingerprint density at radius 2 is 2.26 bits per heavy atom. The van der Waals surface area contributed by atoms with Crippen molar-refractivity contribution in [2.45, 2.75) is 36.5 Å². The van der Waals surface area contributed by atoms with Crippen molar-refractivity contribution < 1.29 is 17.9 Å². The van der Waals surface area contributed by atoms with Gasteiger partial charge in [-0.15, -0.1) is 0 Å². The first-order chi connectivity index (χ1) is 8.88. The molecule has 106 valence electrons. The number of hydrogen-bond donors (Lipinski definition) is 1. The van der Waals surface area contributed by atoms with E-state index in [1.165, 1.54) is 6.92 Å². The Bertz CT molecular complexity index is 578. The number of aryl methyl sites for hydroxylation is 1. The predicted molar refractivity (Wildman–Crippen MR) is 72.1 cm³/mol. The summed E-state index contributed by atoms with van der Waals surface area (Å²) in [6.45, 7) is 2.09. The zero-order valence-electron chi connectivity index (χ0n) is 10.2. The van der Waals surface area contributed by atoms with Gasteiger partial charge in [-0.1, -0.05) is 11.3 Å². The molecule has 19 heavy (non-hydrogen) atoms. The molecule has 2 heterocycles. The van der Waals surface area contributed by atoms with E-state index in [0.29, 0.717) is 13.0 Å². The number of rotatable bonds is 3. The first-order valence-electron chi connectivity index (χ1n) is 5.72. The molecule has 1 aliphatic heterocycles. The number of thiazole rings is 1. The van der Waals surface area contributed by atoms with Crippen LogP contribution >= 0.6 is 22.0 Å². The molecule has 0 aliphatic carbocycles. The summed E-state index contributed by atoms with van der Waals surface area (Å²) in [6, 6.07) is 0. The number of ether oxygens (including phenoxy) is 1. The maximum atomic E-state index is 11.9. The summed E-state index contributed by atoms with van der Waals surface area (Å²) < 4.78 is 27.8. The fourth-order valence-corrected chi connectivity index (χ4v) is 4.15. The highest BCUT2D eigenvalue weighted by atomic mass is 35.7. The van der Waals surface area contributed by atoms with Crippen LogP contribution in [0.25, 0.3) is 0 Å². The minimum Gasteiger partial charge on any atom is -0.368 e. The molecule has 1 aromatic heterocycles. The Hall–Kier alpha value is -0.700. The molecule has 0 saturated carbocycles. The third-order valence-electron chi connectivity index (χ3n) is 2.68. The lowest BCUT2D eigenvalue weighted by molar-refractivity contribution is -0.129. The molecule has 0 bridgehead atoms. The molecule has 9 heteroatoms. The minimum absolute atomic E-state index is 0.0472. The summed E-state index contributed by atoms with van der Waals surface area (Å²) in [7, 11) is 1.44. The van der Waals surface area contributed by atoms with Crippen LogP contribution in [0.2, 0.25) is 0 Å². The lowest BCUT2D eigenvalue weighted by Gasteiger charge is -2.20. The molecule has 0 radical (unpaired) electrons. The Morgan fingerprint density at radius 3 is 2.79 bits per heavy atom. The number of nitrogens with zero attached hydrogens (tertiary/aromatic N) is 1. The van der Waals surface area contributed by atoms with E-state index in [1.54, 1.807) is 0 Å². The van der Waals surface area contributed by atoms with Gasteiger partial charge >= 0.3 is 0 Å². The summed E-state index contributed by atoms with van der Waals surface area (Å²) >= 11 is 0.840. The van der Waals surface area contributed by atoms with Gasteiger partial charge in [0.2, 0.25) is 0 Å². The maximum Gasteiger partial charge on any atom is 0.272 e. The number of halogens is 1. The molecule has 2 rings (SSSR count). The molecular weight excluding hydrogens is 312 g/mol. The molecule has 1 fully saturated rings. The monoisotopic (exact) mass is 324 g/mol. The van der Waals surface area contributed by atoms with Gasteiger partial charge in [0, 0.05) is 17.3 Å². The summed E-state index contributed by atoms with van der Waals surface area (Å²) in [5, 5.41) is 2.78. The number of hydrogen-bond acceptors (Lipinski definition) is 6. The topological polar surface area (TPSA) is 85.4 Å². The van der Waals surface area contributed by atoms with E-state index in [0.717, 1.165) is 24.2 Å². The van der Waals surface area contributed by atoms with Crippen molar-refractivity contribution in [2.24, 2.45) is 0 Å². The highest BCUT2D eigenvalue weighted by Gasteiger charge is 2.25. The molecule has 1 saturated heterocycles. The number of carbonyl (C=O) groups excluding carboxylic acids is 1. The van der Waals surface area contributed by atoms with Gasteiger partial charge in [0.1, 0.15) is 6.10 Å². The van der Waals surface area contributed by atoms with E-state index >= 15 is 0 Å². The van der Waals surface area contributed by atoms with E-state index in [1.807, 2.05) is 0 Å². The average molecular weight is 325 g/mol. The minimum atomic E-state index is -3.83. The number of aromatic nitrogens is 1. The lowest BCUT2D eigenvalue weighted by atomic mass is 10.1. The van der Waals surface area contributed by atoms with Gasteiger partial charge in [-0.2, -0.15) is 0 Å². The molecule has 1 unspecified atom stereocenters. The SMILES string of the molecule is Cc1nc(NC(=O)C2CCCCO2)sc1S(=O)(=O)Cl. The molecular formula is C10H13ClN2O4S2. The van der Waals surface area contributed by atoms with Crippen molar-refractivity contribution >= 4 is 42.1 Å². The van der Waals surface area contributed by atoms with E-state index in [-0.39, 0.29) is 20.9 Å². The maximum absolute atomic E-state index is 11.9. The molecule has 0 spiro atoms. The van der Waals surface area contributed by atoms with Crippen LogP contribution in [0, 0.1) is 6.92 Å². The molecule has 1 atom stereocenters. The predicted octanol–water partition coefficient (Wildman–Crippen LogP) is 1.89. The Kier molecular flexibility index (Phi) is 4.44. The van der Waals surface area contributed by atoms with Crippen molar-refractivity contribution in [3.63, 3.8) is 0 Å². The van der Waals surface area contributed by atoms with E-state index < -0.39 is 15.2 Å². The largest absolute Gasteiger partial charge is 0.368 e. The number of amides is 1. The van der Waals surface area contributed by atoms with Crippen LogP contribution in [0.15, 0.2) is 4.21 Å². The van der Waals surface area contributed by atoms with Gasteiger partial charge in [-0.05, 0) is 26.2 Å². The third kappa shape index (κ3) is 3.65. The zero-order chi connectivity index (χ0) is 14.0. The lowest BCUT2D eigenvalue weighted by Crippen LogP contribution is -2.33. The molecule has 1 aliphatic rings. The second-order valence-electron chi connectivity index (χ2n) is 4.17. The summed E-state index contributed by atoms with van der Waals surface area (Å²) in [5.74, 6) is -0.299. The molecule has 1 N–H and O–H groups in total. The van der Waals surface area contributed by atoms with Crippen molar-refractivity contribution in [3.8, 4) is 0 Å². The van der Waals surface area contributed by atoms with Crippen LogP contribution in [0.3, 0.4) is 0 Å². The zero-order valence-corrected chi connectivity index (χ0v) is 12.6. The second-order valence-corrected chi connectivity index (χ2v) is 7.93. The fraction of sp³-hybridized carbons (Fsp3) is 0.600. The van der Waals surface area contributed by atoms with Gasteiger partial charge in [0.15, 0.2) is 9.34 Å². The van der Waals surface area contributed by atoms with E-state index in [2.05, 4.69) is 10.3 Å². The van der Waals surface area contributed by atoms with Crippen molar-refractivity contribution in [3.05, 3.63) is 5.69 Å². The third-order valence-corrected chi connectivity index (χ3v) is 5.93. The van der Waals surface area contributed by atoms with Gasteiger partial charge < -0.3 is 4.74 Å². The first-order valence-corrected chi connectivity index (χ1v) is 8.85. The molecule has 6 nitrogen and oxygen atoms in total. The van der Waals surface area contributed by atoms with Crippen LogP contribution in [-0.2, 0) is 18.6 Å². The number of carbonyl (C=O) groups is 1. The highest BCUT2D eigenvalue weighted by molar-refractivity contribution is 8.15. The average Bonchev–Trinajstić information content (AvgIpc) is 2.71. The highest BCUT2D eigenvalue weighted by Crippen LogP contribution is 2.30. The van der Waals surface area contributed by atoms with Gasteiger partial charge in [0.05, 0.1) is 5.69 Å². The molecule has 1 amide bonds. The smallest absolute Gasteiger partial charge is 0.272 e. The first kappa shape index (κ1) is 14.7. The van der Waals surface area contributed by atoms with Gasteiger partial charge in [0.25, 0.3) is 15.0 Å². The second kappa shape index (κ2) is 5.74. The van der Waals surface area contributed by atoms with E-state index in [4.69, 9.17) is 15.4 Å². The van der Waals surface area contributed by atoms with Crippen molar-refractivity contribution in [1.29, 1.82) is 0 Å². The number of nitrogens with one attached hydrogen (secondary N) is 1. The van der Waals surface area contributed by atoms with Gasteiger partial charge in [-0.3, -0.25) is 10.1 Å². The van der Waals surface area contributed by atoms with Crippen molar-refractivity contribution in [1.82, 2.24) is 4.98 Å². The van der Waals surface area contributed by atoms with Crippen molar-refractivity contribution in [2.75, 3.05) is 11.9 Å². The standard InChI is InChI=1S/C10H13ClN2O4S2/c1-6-9(19(11,15)16)18-10(12-6)13-8(14)7-4-2-3-5-17-7/h7H,2-5H2,1H3,(H,12,13,14). The normalized spacial score (nSPS) is 20.2. The van der Waals surface area contributed by atoms with Crippen LogP contribution in [0.5, 0.6) is 0 Å². The Morgan fingerprint density at radius 1 is 1.53 bits per heavy atom. The Labute approximate surface area is 119 Å². The summed E-state index contributed by atoms with van der Waals surface area (Å²) in [4.78, 5) is 15.9. The van der Waals surface area contributed by atoms with Crippen LogP contribution in [-0.4, -0.2) is 32.0 Å². The number of anilines is 1. The summed E-state index contributed by atoms with van der Waals surface area (Å²) in [6.07, 6.45) is 2.07.